The molecule has 0 bridgehead atoms. The molecule has 1 amide bonds. The van der Waals surface area contributed by atoms with Gasteiger partial charge in [0.15, 0.2) is 11.5 Å². The maximum Gasteiger partial charge on any atom is 0.322 e. The van der Waals surface area contributed by atoms with E-state index >= 15 is 0 Å². The van der Waals surface area contributed by atoms with Crippen LogP contribution in [0.1, 0.15) is 5.56 Å². The Balaban J connectivity index is 1.99. The number of carbonyl (C=O) groups is 2. The molecule has 2 rings (SSSR count). The van der Waals surface area contributed by atoms with Gasteiger partial charge in [-0.05, 0) is 24.1 Å². The molecule has 0 aromatic heterocycles. The van der Waals surface area contributed by atoms with Crippen molar-refractivity contribution in [2.45, 2.75) is 6.42 Å². The molecule has 0 fully saturated rings. The summed E-state index contributed by atoms with van der Waals surface area (Å²) < 4.78 is 10.5. The largest absolute Gasteiger partial charge is 0.480 e. The third-order valence-corrected chi connectivity index (χ3v) is 3.36. The molecule has 1 aliphatic heterocycles. The summed E-state index contributed by atoms with van der Waals surface area (Å²) in [4.78, 5) is 22.3. The molecule has 1 atom stereocenters. The van der Waals surface area contributed by atoms with Crippen molar-refractivity contribution < 1.29 is 24.2 Å². The average molecular weight is 297 g/mol. The topological polar surface area (TPSA) is 84.9 Å². The van der Waals surface area contributed by atoms with Crippen LogP contribution in [0.25, 0.3) is 0 Å². The summed E-state index contributed by atoms with van der Waals surface area (Å²) in [6.07, 6.45) is 0.464. The van der Waals surface area contributed by atoms with Gasteiger partial charge < -0.3 is 19.9 Å². The lowest BCUT2D eigenvalue weighted by molar-refractivity contribution is -0.138. The van der Waals surface area contributed by atoms with Crippen LogP contribution in [0, 0.1) is 5.92 Å². The highest BCUT2D eigenvalue weighted by Crippen LogP contribution is 2.33. The van der Waals surface area contributed by atoms with Crippen molar-refractivity contribution >= 4 is 24.5 Å². The fraction of sp³-hybridized carbons (Fsp3) is 0.385. The Bertz CT molecular complexity index is 519. The van der Waals surface area contributed by atoms with Crippen LogP contribution in [-0.4, -0.2) is 36.1 Å². The molecular weight excluding hydrogens is 282 g/mol. The van der Waals surface area contributed by atoms with Crippen LogP contribution < -0.4 is 14.8 Å². The Morgan fingerprint density at radius 3 is 2.80 bits per heavy atom. The Morgan fingerprint density at radius 2 is 2.10 bits per heavy atom. The molecule has 1 aliphatic rings. The minimum Gasteiger partial charge on any atom is -0.480 e. The number of carboxylic acid groups (broad SMARTS) is 1. The number of nitrogens with one attached hydrogen (secondary N) is 1. The summed E-state index contributed by atoms with van der Waals surface area (Å²) in [5.41, 5.74) is 0.916. The molecule has 2 N–H and O–H groups in total. The van der Waals surface area contributed by atoms with Gasteiger partial charge in [-0.3, -0.25) is 9.59 Å². The Kier molecular flexibility index (Phi) is 4.73. The van der Waals surface area contributed by atoms with Gasteiger partial charge in [0, 0.05) is 5.75 Å². The molecule has 0 saturated carbocycles. The van der Waals surface area contributed by atoms with E-state index in [9.17, 15) is 9.59 Å². The Hall–Kier alpha value is -1.89. The molecule has 6 nitrogen and oxygen atoms in total. The smallest absolute Gasteiger partial charge is 0.322 e. The molecule has 0 aliphatic carbocycles. The molecule has 108 valence electrons. The minimum atomic E-state index is -1.07. The number of hydrogen-bond acceptors (Lipinski definition) is 5. The first kappa shape index (κ1) is 14.5. The van der Waals surface area contributed by atoms with Crippen LogP contribution in [-0.2, 0) is 16.0 Å². The summed E-state index contributed by atoms with van der Waals surface area (Å²) in [6, 6.07) is 5.47. The quantitative estimate of drug-likeness (QED) is 0.673. The zero-order chi connectivity index (χ0) is 14.5. The molecule has 0 radical (unpaired) electrons. The number of hydrogen-bond donors (Lipinski definition) is 3. The van der Waals surface area contributed by atoms with Crippen LogP contribution in [0.5, 0.6) is 11.5 Å². The van der Waals surface area contributed by atoms with E-state index in [-0.39, 0.29) is 19.2 Å². The average Bonchev–Trinajstić information content (AvgIpc) is 2.89. The van der Waals surface area contributed by atoms with Gasteiger partial charge >= 0.3 is 5.97 Å². The van der Waals surface area contributed by atoms with E-state index < -0.39 is 11.9 Å². The number of carbonyl (C=O) groups excluding carboxylic acids is 1. The number of thiol groups is 1. The molecule has 1 aromatic rings. The summed E-state index contributed by atoms with van der Waals surface area (Å²) in [7, 11) is 0. The lowest BCUT2D eigenvalue weighted by Crippen LogP contribution is -2.36. The van der Waals surface area contributed by atoms with Gasteiger partial charge in [0.2, 0.25) is 12.7 Å². The zero-order valence-corrected chi connectivity index (χ0v) is 11.6. The number of rotatable bonds is 6. The van der Waals surface area contributed by atoms with E-state index in [1.54, 1.807) is 6.07 Å². The van der Waals surface area contributed by atoms with Crippen LogP contribution >= 0.6 is 12.6 Å². The third-order valence-electron chi connectivity index (χ3n) is 2.92. The molecule has 0 saturated heterocycles. The molecular formula is C13H15NO5S. The zero-order valence-electron chi connectivity index (χ0n) is 10.7. The number of carboxylic acids is 1. The number of fused-ring (bicyclic) bond motifs is 1. The third kappa shape index (κ3) is 3.57. The Morgan fingerprint density at radius 1 is 1.35 bits per heavy atom. The highest BCUT2D eigenvalue weighted by atomic mass is 32.1. The summed E-state index contributed by atoms with van der Waals surface area (Å²) in [5.74, 6) is -0.102. The second kappa shape index (κ2) is 6.51. The van der Waals surface area contributed by atoms with E-state index in [2.05, 4.69) is 17.9 Å². The lowest BCUT2D eigenvalue weighted by Gasteiger charge is -2.14. The molecule has 0 spiro atoms. The van der Waals surface area contributed by atoms with Crippen molar-refractivity contribution in [3.05, 3.63) is 23.8 Å². The van der Waals surface area contributed by atoms with Gasteiger partial charge in [-0.15, -0.1) is 0 Å². The van der Waals surface area contributed by atoms with Gasteiger partial charge in [0.05, 0.1) is 5.92 Å². The van der Waals surface area contributed by atoms with E-state index in [0.717, 1.165) is 5.56 Å². The maximum atomic E-state index is 11.8. The first-order valence-corrected chi connectivity index (χ1v) is 6.72. The van der Waals surface area contributed by atoms with Crippen molar-refractivity contribution in [2.24, 2.45) is 5.92 Å². The van der Waals surface area contributed by atoms with Gasteiger partial charge in [0.1, 0.15) is 6.54 Å². The Labute approximate surface area is 121 Å². The number of ether oxygens (including phenoxy) is 2. The normalized spacial score (nSPS) is 13.8. The number of aliphatic carboxylic acids is 1. The number of amides is 1. The van der Waals surface area contributed by atoms with Crippen LogP contribution in [0.4, 0.5) is 0 Å². The predicted octanol–water partition coefficient (Wildman–Crippen LogP) is 0.705. The van der Waals surface area contributed by atoms with Gasteiger partial charge in [-0.2, -0.15) is 12.6 Å². The highest BCUT2D eigenvalue weighted by Gasteiger charge is 2.20. The van der Waals surface area contributed by atoms with Crippen molar-refractivity contribution in [3.63, 3.8) is 0 Å². The summed E-state index contributed by atoms with van der Waals surface area (Å²) >= 11 is 4.15. The highest BCUT2D eigenvalue weighted by molar-refractivity contribution is 7.80. The van der Waals surface area contributed by atoms with Crippen molar-refractivity contribution in [1.82, 2.24) is 5.32 Å². The molecule has 1 aromatic carbocycles. The first-order valence-electron chi connectivity index (χ1n) is 6.09. The van der Waals surface area contributed by atoms with Crippen molar-refractivity contribution in [1.29, 1.82) is 0 Å². The molecule has 1 unspecified atom stereocenters. The van der Waals surface area contributed by atoms with Crippen molar-refractivity contribution in [3.8, 4) is 11.5 Å². The first-order chi connectivity index (χ1) is 9.60. The maximum absolute atomic E-state index is 11.8. The summed E-state index contributed by atoms with van der Waals surface area (Å²) in [6.45, 7) is -0.182. The summed E-state index contributed by atoms with van der Waals surface area (Å²) in [5, 5.41) is 10.9. The van der Waals surface area contributed by atoms with Crippen LogP contribution in [0.15, 0.2) is 18.2 Å². The molecule has 7 heteroatoms. The monoisotopic (exact) mass is 297 g/mol. The second-order valence-electron chi connectivity index (χ2n) is 4.38. The standard InChI is InChI=1S/C13H15NO5S/c15-12(16)5-14-13(17)9(6-20)3-8-1-2-10-11(4-8)19-7-18-10/h1-2,4,9,20H,3,5-7H2,(H,14,17)(H,15,16). The van der Waals surface area contributed by atoms with Crippen molar-refractivity contribution in [2.75, 3.05) is 19.1 Å². The van der Waals surface area contributed by atoms with E-state index in [1.807, 2.05) is 12.1 Å². The van der Waals surface area contributed by atoms with E-state index in [1.165, 1.54) is 0 Å². The molecule has 1 heterocycles. The second-order valence-corrected chi connectivity index (χ2v) is 4.75. The van der Waals surface area contributed by atoms with Gasteiger partial charge in [-0.25, -0.2) is 0 Å². The minimum absolute atomic E-state index is 0.202. The van der Waals surface area contributed by atoms with Crippen LogP contribution in [0.3, 0.4) is 0 Å². The predicted molar refractivity (Wildman–Crippen MR) is 74.3 cm³/mol. The van der Waals surface area contributed by atoms with E-state index in [4.69, 9.17) is 14.6 Å². The van der Waals surface area contributed by atoms with Gasteiger partial charge in [0.25, 0.3) is 0 Å². The van der Waals surface area contributed by atoms with E-state index in [0.29, 0.717) is 23.7 Å². The fourth-order valence-electron chi connectivity index (χ4n) is 1.90. The lowest BCUT2D eigenvalue weighted by atomic mass is 10.00. The fourth-order valence-corrected chi connectivity index (χ4v) is 2.19. The van der Waals surface area contributed by atoms with Gasteiger partial charge in [-0.1, -0.05) is 6.07 Å². The SMILES string of the molecule is O=C(O)CNC(=O)C(CS)Cc1ccc2c(c1)OCO2. The number of benzene rings is 1. The van der Waals surface area contributed by atoms with Crippen LogP contribution in [0.2, 0.25) is 0 Å². The molecule has 20 heavy (non-hydrogen) atoms.